The number of nitrogens with two attached hydrogens (primary N) is 1. The molecular weight excluding hydrogens is 274 g/mol. The summed E-state index contributed by atoms with van der Waals surface area (Å²) in [5, 5.41) is 0. The molecule has 1 saturated carbocycles. The lowest BCUT2D eigenvalue weighted by molar-refractivity contribution is -0.120. The monoisotopic (exact) mass is 307 g/mol. The van der Waals surface area contributed by atoms with Gasteiger partial charge in [0.1, 0.15) is 0 Å². The maximum atomic E-state index is 12.8. The van der Waals surface area contributed by atoms with Crippen molar-refractivity contribution in [3.05, 3.63) is 11.6 Å². The van der Waals surface area contributed by atoms with Crippen LogP contribution in [0.2, 0.25) is 0 Å². The lowest BCUT2D eigenvalue weighted by Crippen LogP contribution is -2.43. The van der Waals surface area contributed by atoms with E-state index >= 15 is 0 Å². The van der Waals surface area contributed by atoms with Crippen molar-refractivity contribution in [2.45, 2.75) is 90.4 Å². The zero-order valence-electron chi connectivity index (χ0n) is 14.5. The largest absolute Gasteiger partial charge is 0.371 e. The fourth-order valence-electron chi connectivity index (χ4n) is 3.78. The third-order valence-corrected chi connectivity index (χ3v) is 5.57. The normalized spacial score (nSPS) is 30.4. The molecule has 2 aliphatic carbocycles. The van der Waals surface area contributed by atoms with Crippen LogP contribution in [-0.2, 0) is 9.53 Å². The van der Waals surface area contributed by atoms with Gasteiger partial charge in [-0.2, -0.15) is 0 Å². The second-order valence-electron chi connectivity index (χ2n) is 7.16. The van der Waals surface area contributed by atoms with E-state index in [9.17, 15) is 4.79 Å². The molecule has 1 fully saturated rings. The first kappa shape index (κ1) is 17.7. The molecule has 2 N–H and O–H groups in total. The molecule has 0 aromatic rings. The molecule has 0 bridgehead atoms. The van der Waals surface area contributed by atoms with E-state index in [-0.39, 0.29) is 30.1 Å². The Morgan fingerprint density at radius 2 is 1.91 bits per heavy atom. The van der Waals surface area contributed by atoms with Crippen molar-refractivity contribution in [3.8, 4) is 0 Å². The molecule has 22 heavy (non-hydrogen) atoms. The van der Waals surface area contributed by atoms with Crippen LogP contribution < -0.4 is 5.73 Å². The van der Waals surface area contributed by atoms with E-state index in [0.29, 0.717) is 5.78 Å². The van der Waals surface area contributed by atoms with Crippen LogP contribution in [0.25, 0.3) is 0 Å². The van der Waals surface area contributed by atoms with E-state index in [2.05, 4.69) is 26.8 Å². The van der Waals surface area contributed by atoms with Gasteiger partial charge in [-0.1, -0.05) is 40.0 Å². The zero-order valence-corrected chi connectivity index (χ0v) is 14.5. The Morgan fingerprint density at radius 1 is 1.27 bits per heavy atom. The Kier molecular flexibility index (Phi) is 6.64. The van der Waals surface area contributed by atoms with Crippen molar-refractivity contribution >= 4 is 5.78 Å². The van der Waals surface area contributed by atoms with Gasteiger partial charge in [0.2, 0.25) is 0 Å². The van der Waals surface area contributed by atoms with Gasteiger partial charge in [0.25, 0.3) is 0 Å². The number of hydrogen-bond donors (Lipinski definition) is 1. The topological polar surface area (TPSA) is 52.3 Å². The lowest BCUT2D eigenvalue weighted by Gasteiger charge is -2.35. The van der Waals surface area contributed by atoms with E-state index in [1.165, 1.54) is 19.3 Å². The maximum absolute atomic E-state index is 12.8. The lowest BCUT2D eigenvalue weighted by atomic mass is 9.77. The molecular formula is C19H33NO2. The van der Waals surface area contributed by atoms with Crippen LogP contribution in [0.4, 0.5) is 0 Å². The SMILES string of the molecule is CCC(CC)O[C@@H]1C=C(C(=O)C2CCCCC2)C[C@H](N)[C@H]1C. The third kappa shape index (κ3) is 4.20. The highest BCUT2D eigenvalue weighted by molar-refractivity contribution is 5.97. The molecule has 0 saturated heterocycles. The summed E-state index contributed by atoms with van der Waals surface area (Å²) in [7, 11) is 0. The molecule has 0 aromatic carbocycles. The fourth-order valence-corrected chi connectivity index (χ4v) is 3.78. The smallest absolute Gasteiger partial charge is 0.161 e. The van der Waals surface area contributed by atoms with Gasteiger partial charge in [-0.25, -0.2) is 0 Å². The Bertz CT molecular complexity index is 394. The average Bonchev–Trinajstić information content (AvgIpc) is 2.56. The van der Waals surface area contributed by atoms with Gasteiger partial charge in [-0.15, -0.1) is 0 Å². The number of carbonyl (C=O) groups excluding carboxylic acids is 1. The summed E-state index contributed by atoms with van der Waals surface area (Å²) < 4.78 is 6.23. The molecule has 3 nitrogen and oxygen atoms in total. The zero-order chi connectivity index (χ0) is 16.1. The van der Waals surface area contributed by atoms with E-state index in [0.717, 1.165) is 37.7 Å². The van der Waals surface area contributed by atoms with Crippen molar-refractivity contribution in [3.63, 3.8) is 0 Å². The molecule has 3 atom stereocenters. The summed E-state index contributed by atoms with van der Waals surface area (Å²) in [5.41, 5.74) is 7.25. The second kappa shape index (κ2) is 8.26. The van der Waals surface area contributed by atoms with Crippen molar-refractivity contribution < 1.29 is 9.53 Å². The van der Waals surface area contributed by atoms with Crippen LogP contribution in [-0.4, -0.2) is 24.0 Å². The van der Waals surface area contributed by atoms with E-state index in [1.807, 2.05) is 0 Å². The summed E-state index contributed by atoms with van der Waals surface area (Å²) in [6, 6.07) is 0.0342. The highest BCUT2D eigenvalue weighted by atomic mass is 16.5. The molecule has 0 aliphatic heterocycles. The van der Waals surface area contributed by atoms with Crippen LogP contribution in [0.5, 0.6) is 0 Å². The predicted molar refractivity (Wildman–Crippen MR) is 90.7 cm³/mol. The van der Waals surface area contributed by atoms with Crippen LogP contribution in [0.1, 0.15) is 72.1 Å². The van der Waals surface area contributed by atoms with E-state index in [4.69, 9.17) is 10.5 Å². The first-order valence-electron chi connectivity index (χ1n) is 9.22. The van der Waals surface area contributed by atoms with Crippen LogP contribution in [0, 0.1) is 11.8 Å². The molecule has 0 radical (unpaired) electrons. The van der Waals surface area contributed by atoms with Crippen molar-refractivity contribution in [2.24, 2.45) is 17.6 Å². The van der Waals surface area contributed by atoms with Gasteiger partial charge in [-0.3, -0.25) is 4.79 Å². The Hall–Kier alpha value is -0.670. The van der Waals surface area contributed by atoms with Crippen LogP contribution in [0.3, 0.4) is 0 Å². The summed E-state index contributed by atoms with van der Waals surface area (Å²) in [6.07, 6.45) is 10.9. The van der Waals surface area contributed by atoms with Crippen molar-refractivity contribution in [1.82, 2.24) is 0 Å². The van der Waals surface area contributed by atoms with Crippen LogP contribution in [0.15, 0.2) is 11.6 Å². The highest BCUT2D eigenvalue weighted by Crippen LogP contribution is 2.32. The number of ketones is 1. The number of ether oxygens (including phenoxy) is 1. The van der Waals surface area contributed by atoms with Gasteiger partial charge in [-0.05, 0) is 43.8 Å². The fraction of sp³-hybridized carbons (Fsp3) is 0.842. The summed E-state index contributed by atoms with van der Waals surface area (Å²) in [4.78, 5) is 12.8. The first-order chi connectivity index (χ1) is 10.6. The minimum Gasteiger partial charge on any atom is -0.371 e. The van der Waals surface area contributed by atoms with Gasteiger partial charge in [0, 0.05) is 17.9 Å². The summed E-state index contributed by atoms with van der Waals surface area (Å²) in [5.74, 6) is 0.859. The molecule has 0 amide bonds. The average molecular weight is 307 g/mol. The number of rotatable bonds is 6. The Labute approximate surface area is 135 Å². The summed E-state index contributed by atoms with van der Waals surface area (Å²) in [6.45, 7) is 6.45. The molecule has 0 aromatic heterocycles. The first-order valence-corrected chi connectivity index (χ1v) is 9.22. The molecule has 3 heteroatoms. The molecule has 126 valence electrons. The molecule has 2 rings (SSSR count). The molecule has 0 heterocycles. The standard InChI is InChI=1S/C19H33NO2/c1-4-16(5-2)22-18-12-15(11-17(20)13(18)3)19(21)14-9-7-6-8-10-14/h12-14,16-18H,4-11,20H2,1-3H3/t13-,17+,18-/m1/s1. The van der Waals surface area contributed by atoms with Crippen LogP contribution >= 0.6 is 0 Å². The quantitative estimate of drug-likeness (QED) is 0.807. The predicted octanol–water partition coefficient (Wildman–Crippen LogP) is 4.00. The second-order valence-corrected chi connectivity index (χ2v) is 7.16. The molecule has 0 unspecified atom stereocenters. The van der Waals surface area contributed by atoms with E-state index < -0.39 is 0 Å². The summed E-state index contributed by atoms with van der Waals surface area (Å²) >= 11 is 0. The molecule has 0 spiro atoms. The number of Topliss-reactive ketones (excluding diaryl/α,β-unsaturated/α-hetero) is 1. The minimum absolute atomic E-state index is 0.00353. The maximum Gasteiger partial charge on any atom is 0.161 e. The molecule has 2 aliphatic rings. The highest BCUT2D eigenvalue weighted by Gasteiger charge is 2.34. The number of carbonyl (C=O) groups is 1. The third-order valence-electron chi connectivity index (χ3n) is 5.57. The van der Waals surface area contributed by atoms with Gasteiger partial charge in [0.05, 0.1) is 12.2 Å². The Morgan fingerprint density at radius 3 is 2.50 bits per heavy atom. The van der Waals surface area contributed by atoms with Crippen molar-refractivity contribution in [1.29, 1.82) is 0 Å². The minimum atomic E-state index is -0.00353. The van der Waals surface area contributed by atoms with Gasteiger partial charge >= 0.3 is 0 Å². The Balaban J connectivity index is 2.09. The van der Waals surface area contributed by atoms with Gasteiger partial charge in [0.15, 0.2) is 5.78 Å². The van der Waals surface area contributed by atoms with Crippen molar-refractivity contribution in [2.75, 3.05) is 0 Å². The van der Waals surface area contributed by atoms with Gasteiger partial charge < -0.3 is 10.5 Å². The number of hydrogen-bond acceptors (Lipinski definition) is 3. The van der Waals surface area contributed by atoms with E-state index in [1.54, 1.807) is 0 Å².